The highest BCUT2D eigenvalue weighted by atomic mass is 35.5. The molecule has 0 spiro atoms. The first kappa shape index (κ1) is 13.9. The normalized spacial score (nSPS) is 13.6. The van der Waals surface area contributed by atoms with Crippen molar-refractivity contribution in [3.8, 4) is 5.75 Å². The summed E-state index contributed by atoms with van der Waals surface area (Å²) in [5.41, 5.74) is 0.636. The van der Waals surface area contributed by atoms with Crippen molar-refractivity contribution in [1.82, 2.24) is 0 Å². The lowest BCUT2D eigenvalue weighted by Gasteiger charge is -2.17. The molecule has 0 aliphatic heterocycles. The molecule has 1 N–H and O–H groups in total. The number of hydrogen-bond donors (Lipinski definition) is 1. The molecule has 0 aromatic heterocycles. The van der Waals surface area contributed by atoms with Crippen LogP contribution in [0, 0.1) is 5.82 Å². The fourth-order valence-electron chi connectivity index (χ4n) is 1.48. The summed E-state index contributed by atoms with van der Waals surface area (Å²) >= 11 is 5.76. The number of benzene rings is 2. The van der Waals surface area contributed by atoms with Crippen LogP contribution in [0.15, 0.2) is 48.5 Å². The molecule has 0 amide bonds. The van der Waals surface area contributed by atoms with Gasteiger partial charge in [0.15, 0.2) is 0 Å². The van der Waals surface area contributed by atoms with E-state index in [1.807, 2.05) is 0 Å². The van der Waals surface area contributed by atoms with Crippen LogP contribution in [0.2, 0.25) is 5.02 Å². The largest absolute Gasteiger partial charge is 0.429 e. The minimum Gasteiger partial charge on any atom is -0.429 e. The molecule has 2 aromatic rings. The minimum absolute atomic E-state index is 0.341. The third kappa shape index (κ3) is 4.27. The molecule has 6 heteroatoms. The van der Waals surface area contributed by atoms with Crippen LogP contribution in [0.1, 0.15) is 0 Å². The van der Waals surface area contributed by atoms with Crippen molar-refractivity contribution in [2.45, 2.75) is 0 Å². The SMILES string of the molecule is C[P@@](=O)(Nc1ccc(Cl)cc1)Oc1ccc(F)cc1. The van der Waals surface area contributed by atoms with E-state index < -0.39 is 7.52 Å². The molecule has 0 fully saturated rings. The van der Waals surface area contributed by atoms with E-state index >= 15 is 0 Å². The second-order valence-electron chi connectivity index (χ2n) is 4.01. The predicted molar refractivity (Wildman–Crippen MR) is 75.6 cm³/mol. The molecule has 0 saturated carbocycles. The van der Waals surface area contributed by atoms with E-state index in [0.29, 0.717) is 16.5 Å². The Morgan fingerprint density at radius 1 is 1.11 bits per heavy atom. The van der Waals surface area contributed by atoms with Crippen molar-refractivity contribution in [2.24, 2.45) is 0 Å². The lowest BCUT2D eigenvalue weighted by atomic mass is 10.3. The van der Waals surface area contributed by atoms with Crippen LogP contribution in [-0.4, -0.2) is 6.66 Å². The number of hydrogen-bond acceptors (Lipinski definition) is 2. The molecule has 19 heavy (non-hydrogen) atoms. The van der Waals surface area contributed by atoms with Gasteiger partial charge in [-0.2, -0.15) is 0 Å². The second-order valence-corrected chi connectivity index (χ2v) is 6.54. The van der Waals surface area contributed by atoms with E-state index in [2.05, 4.69) is 5.09 Å². The van der Waals surface area contributed by atoms with E-state index in [4.69, 9.17) is 16.1 Å². The van der Waals surface area contributed by atoms with E-state index in [9.17, 15) is 8.96 Å². The van der Waals surface area contributed by atoms with E-state index in [-0.39, 0.29) is 5.82 Å². The Labute approximate surface area is 115 Å². The standard InChI is InChI=1S/C13H12ClFNO2P/c1-19(17,16-12-6-2-10(14)3-7-12)18-13-8-4-11(15)5-9-13/h2-9H,1H3,(H,16,17)/t19-/m0/s1. The molecule has 0 radical (unpaired) electrons. The second kappa shape index (κ2) is 5.64. The van der Waals surface area contributed by atoms with Gasteiger partial charge >= 0.3 is 7.52 Å². The Hall–Kier alpha value is -1.51. The molecule has 0 saturated heterocycles. The van der Waals surface area contributed by atoms with Gasteiger partial charge in [0.1, 0.15) is 11.6 Å². The van der Waals surface area contributed by atoms with Crippen LogP contribution < -0.4 is 9.61 Å². The van der Waals surface area contributed by atoms with Gasteiger partial charge in [0.05, 0.1) is 0 Å². The fraction of sp³-hybridized carbons (Fsp3) is 0.0769. The first-order valence-corrected chi connectivity index (χ1v) is 7.96. The van der Waals surface area contributed by atoms with Crippen LogP contribution >= 0.6 is 19.1 Å². The van der Waals surface area contributed by atoms with Gasteiger partial charge < -0.3 is 9.61 Å². The summed E-state index contributed by atoms with van der Waals surface area (Å²) in [7, 11) is -3.08. The average Bonchev–Trinajstić information content (AvgIpc) is 2.34. The molecular formula is C13H12ClFNO2P. The summed E-state index contributed by atoms with van der Waals surface area (Å²) in [6.07, 6.45) is 0. The van der Waals surface area contributed by atoms with Crippen molar-refractivity contribution in [3.63, 3.8) is 0 Å². The highest BCUT2D eigenvalue weighted by Crippen LogP contribution is 2.43. The maximum absolute atomic E-state index is 12.8. The number of anilines is 1. The summed E-state index contributed by atoms with van der Waals surface area (Å²) in [6, 6.07) is 12.1. The lowest BCUT2D eigenvalue weighted by Crippen LogP contribution is -2.02. The fourth-order valence-corrected chi connectivity index (χ4v) is 2.79. The van der Waals surface area contributed by atoms with Crippen molar-refractivity contribution >= 4 is 24.8 Å². The van der Waals surface area contributed by atoms with Gasteiger partial charge in [-0.25, -0.2) is 4.39 Å². The van der Waals surface area contributed by atoms with Crippen LogP contribution in [0.25, 0.3) is 0 Å². The third-order valence-corrected chi connectivity index (χ3v) is 3.75. The van der Waals surface area contributed by atoms with Crippen molar-refractivity contribution in [2.75, 3.05) is 11.8 Å². The monoisotopic (exact) mass is 299 g/mol. The van der Waals surface area contributed by atoms with Gasteiger partial charge in [-0.15, -0.1) is 0 Å². The summed E-state index contributed by atoms with van der Waals surface area (Å²) in [4.78, 5) is 0. The summed E-state index contributed by atoms with van der Waals surface area (Å²) < 4.78 is 30.3. The average molecular weight is 300 g/mol. The number of rotatable bonds is 4. The summed E-state index contributed by atoms with van der Waals surface area (Å²) in [5, 5.41) is 3.38. The van der Waals surface area contributed by atoms with Crippen molar-refractivity contribution in [3.05, 3.63) is 59.4 Å². The quantitative estimate of drug-likeness (QED) is 0.825. The Morgan fingerprint density at radius 3 is 2.26 bits per heavy atom. The van der Waals surface area contributed by atoms with E-state index in [0.717, 1.165) is 0 Å². The Bertz CT molecular complexity index is 550. The Balaban J connectivity index is 2.08. The molecule has 100 valence electrons. The van der Waals surface area contributed by atoms with Gasteiger partial charge in [0, 0.05) is 17.4 Å². The van der Waals surface area contributed by atoms with Crippen molar-refractivity contribution in [1.29, 1.82) is 0 Å². The molecule has 2 aromatic carbocycles. The van der Waals surface area contributed by atoms with E-state index in [1.165, 1.54) is 30.9 Å². The van der Waals surface area contributed by atoms with Gasteiger partial charge in [0.25, 0.3) is 0 Å². The summed E-state index contributed by atoms with van der Waals surface area (Å²) in [6.45, 7) is 1.45. The molecule has 1 atom stereocenters. The van der Waals surface area contributed by atoms with E-state index in [1.54, 1.807) is 24.3 Å². The van der Waals surface area contributed by atoms with Gasteiger partial charge in [-0.1, -0.05) is 11.6 Å². The number of nitrogens with one attached hydrogen (secondary N) is 1. The zero-order valence-electron chi connectivity index (χ0n) is 10.1. The lowest BCUT2D eigenvalue weighted by molar-refractivity contribution is 0.492. The molecule has 0 aliphatic rings. The van der Waals surface area contributed by atoms with Crippen molar-refractivity contribution < 1.29 is 13.5 Å². The van der Waals surface area contributed by atoms with Gasteiger partial charge in [-0.3, -0.25) is 4.57 Å². The van der Waals surface area contributed by atoms with Gasteiger partial charge in [0.2, 0.25) is 0 Å². The van der Waals surface area contributed by atoms with Gasteiger partial charge in [-0.05, 0) is 48.5 Å². The molecule has 0 bridgehead atoms. The smallest absolute Gasteiger partial charge is 0.338 e. The van der Waals surface area contributed by atoms with Crippen LogP contribution in [0.3, 0.4) is 0 Å². The van der Waals surface area contributed by atoms with Crippen LogP contribution in [0.4, 0.5) is 10.1 Å². The maximum Gasteiger partial charge on any atom is 0.338 e. The molecular weight excluding hydrogens is 288 g/mol. The van der Waals surface area contributed by atoms with Crippen LogP contribution in [0.5, 0.6) is 5.75 Å². The molecule has 2 rings (SSSR count). The minimum atomic E-state index is -3.08. The molecule has 0 aliphatic carbocycles. The number of halogens is 2. The maximum atomic E-state index is 12.8. The first-order chi connectivity index (χ1) is 8.94. The molecule has 3 nitrogen and oxygen atoms in total. The first-order valence-electron chi connectivity index (χ1n) is 5.51. The molecule has 0 unspecified atom stereocenters. The zero-order valence-corrected chi connectivity index (χ0v) is 11.8. The zero-order chi connectivity index (χ0) is 13.9. The topological polar surface area (TPSA) is 38.3 Å². The Kier molecular flexibility index (Phi) is 4.13. The highest BCUT2D eigenvalue weighted by Gasteiger charge is 2.17. The van der Waals surface area contributed by atoms with Crippen LogP contribution in [-0.2, 0) is 4.57 Å². The summed E-state index contributed by atoms with van der Waals surface area (Å²) in [5.74, 6) is -0.0300. The highest BCUT2D eigenvalue weighted by molar-refractivity contribution is 7.60. The molecule has 0 heterocycles. The predicted octanol–water partition coefficient (Wildman–Crippen LogP) is 4.79. The third-order valence-electron chi connectivity index (χ3n) is 2.27. The Morgan fingerprint density at radius 2 is 1.68 bits per heavy atom.